The molecule has 1 aliphatic heterocycles. The summed E-state index contributed by atoms with van der Waals surface area (Å²) in [5.41, 5.74) is -0.562. The lowest BCUT2D eigenvalue weighted by molar-refractivity contribution is -0.150. The molecule has 3 rings (SSSR count). The first-order chi connectivity index (χ1) is 12.8. The van der Waals surface area contributed by atoms with E-state index in [2.05, 4.69) is 0 Å². The summed E-state index contributed by atoms with van der Waals surface area (Å²) >= 11 is 0. The summed E-state index contributed by atoms with van der Waals surface area (Å²) in [6.45, 7) is 2.30. The second-order valence-electron chi connectivity index (χ2n) is 6.90. The van der Waals surface area contributed by atoms with Crippen molar-refractivity contribution in [3.8, 4) is 11.5 Å². The average molecular weight is 375 g/mol. The molecule has 2 aromatic carbocycles. The number of amides is 1. The number of likely N-dealkylation sites (tertiary alicyclic amines) is 1. The summed E-state index contributed by atoms with van der Waals surface area (Å²) in [5, 5.41) is 9.38. The number of carbonyl (C=O) groups is 2. The summed E-state index contributed by atoms with van der Waals surface area (Å²) in [6.07, 6.45) is 1.15. The van der Waals surface area contributed by atoms with E-state index in [1.807, 2.05) is 0 Å². The molecule has 0 aliphatic carbocycles. The molecule has 1 amide bonds. The zero-order valence-electron chi connectivity index (χ0n) is 14.7. The standard InChI is InChI=1S/C20H19F2NO4/c1-20(19(25)26)9-2-10-23(12-20)18(24)13-3-6-15(7-4-13)27-17-8-5-14(21)11-16(17)22/h3-8,11H,2,9-10,12H2,1H3,(H,25,26). The van der Waals surface area contributed by atoms with Crippen LogP contribution in [-0.4, -0.2) is 35.0 Å². The third-order valence-corrected chi connectivity index (χ3v) is 4.72. The van der Waals surface area contributed by atoms with E-state index in [1.165, 1.54) is 35.2 Å². The summed E-state index contributed by atoms with van der Waals surface area (Å²) in [5.74, 6) is -2.52. The monoisotopic (exact) mass is 375 g/mol. The number of benzene rings is 2. The third-order valence-electron chi connectivity index (χ3n) is 4.72. The van der Waals surface area contributed by atoms with Crippen molar-refractivity contribution < 1.29 is 28.2 Å². The molecule has 0 spiro atoms. The molecule has 5 nitrogen and oxygen atoms in total. The van der Waals surface area contributed by atoms with Gasteiger partial charge in [0, 0.05) is 24.7 Å². The number of ether oxygens (including phenoxy) is 1. The van der Waals surface area contributed by atoms with E-state index in [9.17, 15) is 23.5 Å². The van der Waals surface area contributed by atoms with Gasteiger partial charge in [-0.1, -0.05) is 0 Å². The molecule has 1 saturated heterocycles. The van der Waals surface area contributed by atoms with Crippen molar-refractivity contribution in [3.63, 3.8) is 0 Å². The van der Waals surface area contributed by atoms with E-state index in [-0.39, 0.29) is 18.2 Å². The van der Waals surface area contributed by atoms with Gasteiger partial charge in [0.05, 0.1) is 5.41 Å². The SMILES string of the molecule is CC1(C(=O)O)CCCN(C(=O)c2ccc(Oc3ccc(F)cc3F)cc2)C1. The molecule has 142 valence electrons. The maximum atomic E-state index is 13.7. The number of nitrogens with zero attached hydrogens (tertiary/aromatic N) is 1. The maximum absolute atomic E-state index is 13.7. The van der Waals surface area contributed by atoms with E-state index in [0.717, 1.165) is 12.1 Å². The van der Waals surface area contributed by atoms with Crippen LogP contribution in [0.1, 0.15) is 30.1 Å². The number of hydrogen-bond acceptors (Lipinski definition) is 3. The Kier molecular flexibility index (Phi) is 5.12. The Balaban J connectivity index is 1.71. The van der Waals surface area contributed by atoms with E-state index < -0.39 is 23.0 Å². The Morgan fingerprint density at radius 1 is 1.15 bits per heavy atom. The highest BCUT2D eigenvalue weighted by molar-refractivity contribution is 5.94. The van der Waals surface area contributed by atoms with Gasteiger partial charge >= 0.3 is 5.97 Å². The molecule has 1 unspecified atom stereocenters. The van der Waals surface area contributed by atoms with Crippen molar-refractivity contribution in [2.24, 2.45) is 5.41 Å². The van der Waals surface area contributed by atoms with Crippen molar-refractivity contribution in [1.82, 2.24) is 4.90 Å². The first-order valence-electron chi connectivity index (χ1n) is 8.54. The van der Waals surface area contributed by atoms with E-state index in [4.69, 9.17) is 4.74 Å². The lowest BCUT2D eigenvalue weighted by Gasteiger charge is -2.37. The van der Waals surface area contributed by atoms with Crippen molar-refractivity contribution in [3.05, 3.63) is 59.7 Å². The smallest absolute Gasteiger partial charge is 0.311 e. The highest BCUT2D eigenvalue weighted by atomic mass is 19.1. The Hall–Kier alpha value is -2.96. The minimum atomic E-state index is -0.947. The molecule has 0 radical (unpaired) electrons. The number of rotatable bonds is 4. The zero-order chi connectivity index (χ0) is 19.6. The maximum Gasteiger partial charge on any atom is 0.311 e. The van der Waals surface area contributed by atoms with Gasteiger partial charge in [-0.2, -0.15) is 0 Å². The van der Waals surface area contributed by atoms with Crippen LogP contribution in [0.25, 0.3) is 0 Å². The van der Waals surface area contributed by atoms with Crippen LogP contribution in [0.3, 0.4) is 0 Å². The lowest BCUT2D eigenvalue weighted by atomic mass is 9.82. The number of aliphatic carboxylic acids is 1. The van der Waals surface area contributed by atoms with Crippen LogP contribution in [0.5, 0.6) is 11.5 Å². The quantitative estimate of drug-likeness (QED) is 0.874. The summed E-state index contributed by atoms with van der Waals surface area (Å²) in [7, 11) is 0. The minimum absolute atomic E-state index is 0.122. The summed E-state index contributed by atoms with van der Waals surface area (Å²) in [6, 6.07) is 9.09. The van der Waals surface area contributed by atoms with Crippen molar-refractivity contribution >= 4 is 11.9 Å². The van der Waals surface area contributed by atoms with Gasteiger partial charge in [-0.15, -0.1) is 0 Å². The molecule has 0 bridgehead atoms. The second kappa shape index (κ2) is 7.34. The molecule has 1 aliphatic rings. The molecule has 1 atom stereocenters. The Bertz CT molecular complexity index is 869. The topological polar surface area (TPSA) is 66.8 Å². The number of halogens is 2. The molecule has 27 heavy (non-hydrogen) atoms. The second-order valence-corrected chi connectivity index (χ2v) is 6.90. The molecule has 1 heterocycles. The number of piperidine rings is 1. The van der Waals surface area contributed by atoms with Gasteiger partial charge in [0.15, 0.2) is 11.6 Å². The van der Waals surface area contributed by atoms with Crippen LogP contribution in [0.4, 0.5) is 8.78 Å². The van der Waals surface area contributed by atoms with Crippen LogP contribution >= 0.6 is 0 Å². The van der Waals surface area contributed by atoms with E-state index in [0.29, 0.717) is 30.7 Å². The molecule has 0 saturated carbocycles. The van der Waals surface area contributed by atoms with Crippen molar-refractivity contribution in [2.75, 3.05) is 13.1 Å². The molecule has 0 aromatic heterocycles. The summed E-state index contributed by atoms with van der Waals surface area (Å²) in [4.78, 5) is 25.6. The largest absolute Gasteiger partial charge is 0.481 e. The highest BCUT2D eigenvalue weighted by Gasteiger charge is 2.39. The molecule has 2 aromatic rings. The van der Waals surface area contributed by atoms with Crippen molar-refractivity contribution in [1.29, 1.82) is 0 Å². The number of hydrogen-bond donors (Lipinski definition) is 1. The Morgan fingerprint density at radius 2 is 1.85 bits per heavy atom. The van der Waals surface area contributed by atoms with Gasteiger partial charge in [-0.3, -0.25) is 9.59 Å². The van der Waals surface area contributed by atoms with Crippen LogP contribution in [0, 0.1) is 17.0 Å². The lowest BCUT2D eigenvalue weighted by Crippen LogP contribution is -2.48. The fourth-order valence-electron chi connectivity index (χ4n) is 3.12. The van der Waals surface area contributed by atoms with Crippen LogP contribution in [0.15, 0.2) is 42.5 Å². The average Bonchev–Trinajstić information content (AvgIpc) is 2.64. The third kappa shape index (κ3) is 4.07. The number of carbonyl (C=O) groups excluding carboxylic acids is 1. The minimum Gasteiger partial charge on any atom is -0.481 e. The molecule has 1 N–H and O–H groups in total. The van der Waals surface area contributed by atoms with Crippen molar-refractivity contribution in [2.45, 2.75) is 19.8 Å². The molecular weight excluding hydrogens is 356 g/mol. The van der Waals surface area contributed by atoms with Gasteiger partial charge in [0.1, 0.15) is 11.6 Å². The molecular formula is C20H19F2NO4. The van der Waals surface area contributed by atoms with Crippen LogP contribution < -0.4 is 4.74 Å². The van der Waals surface area contributed by atoms with E-state index >= 15 is 0 Å². The number of carboxylic acid groups (broad SMARTS) is 1. The fourth-order valence-corrected chi connectivity index (χ4v) is 3.12. The zero-order valence-corrected chi connectivity index (χ0v) is 14.7. The Morgan fingerprint density at radius 3 is 2.48 bits per heavy atom. The van der Waals surface area contributed by atoms with Gasteiger partial charge in [-0.25, -0.2) is 8.78 Å². The van der Waals surface area contributed by atoms with Gasteiger partial charge in [0.25, 0.3) is 5.91 Å². The fraction of sp³-hybridized carbons (Fsp3) is 0.300. The number of carboxylic acids is 1. The van der Waals surface area contributed by atoms with E-state index in [1.54, 1.807) is 6.92 Å². The predicted molar refractivity (Wildman–Crippen MR) is 93.8 cm³/mol. The van der Waals surface area contributed by atoms with Gasteiger partial charge in [-0.05, 0) is 56.2 Å². The van der Waals surface area contributed by atoms with Crippen LogP contribution in [-0.2, 0) is 4.79 Å². The van der Waals surface area contributed by atoms with Gasteiger partial charge < -0.3 is 14.7 Å². The summed E-state index contributed by atoms with van der Waals surface area (Å²) < 4.78 is 32.0. The highest BCUT2D eigenvalue weighted by Crippen LogP contribution is 2.31. The van der Waals surface area contributed by atoms with Gasteiger partial charge in [0.2, 0.25) is 0 Å². The molecule has 7 heteroatoms. The Labute approximate surface area is 155 Å². The first-order valence-corrected chi connectivity index (χ1v) is 8.54. The first kappa shape index (κ1) is 18.8. The predicted octanol–water partition coefficient (Wildman–Crippen LogP) is 4.08. The normalized spacial score (nSPS) is 19.6. The van der Waals surface area contributed by atoms with Crippen LogP contribution in [0.2, 0.25) is 0 Å². The molecule has 1 fully saturated rings.